The molecule has 0 bridgehead atoms. The quantitative estimate of drug-likeness (QED) is 0.487. The first-order valence-corrected chi connectivity index (χ1v) is 12.2. The Morgan fingerprint density at radius 2 is 1.77 bits per heavy atom. The molecule has 0 aromatic heterocycles. The van der Waals surface area contributed by atoms with Crippen LogP contribution in [0, 0.1) is 0 Å². The predicted molar refractivity (Wildman–Crippen MR) is 137 cm³/mol. The van der Waals surface area contributed by atoms with E-state index < -0.39 is 0 Å². The van der Waals surface area contributed by atoms with Crippen LogP contribution in [0.4, 0.5) is 0 Å². The van der Waals surface area contributed by atoms with E-state index in [1.165, 1.54) is 0 Å². The molecule has 0 saturated heterocycles. The Kier molecular flexibility index (Phi) is 7.40. The molecule has 3 atom stereocenters. The molecule has 35 heavy (non-hydrogen) atoms. The van der Waals surface area contributed by atoms with Crippen molar-refractivity contribution in [3.05, 3.63) is 58.7 Å². The molecule has 2 aromatic rings. The van der Waals surface area contributed by atoms with Crippen LogP contribution in [0.15, 0.2) is 46.4 Å². The molecule has 1 heterocycles. The summed E-state index contributed by atoms with van der Waals surface area (Å²) in [5, 5.41) is 10.3. The van der Waals surface area contributed by atoms with Crippen molar-refractivity contribution in [2.75, 3.05) is 27.3 Å². The number of benzene rings is 2. The number of hydrogen-bond donors (Lipinski definition) is 2. The molecule has 1 aliphatic carbocycles. The monoisotopic (exact) mass is 478 g/mol. The Labute approximate surface area is 206 Å². The fourth-order valence-electron chi connectivity index (χ4n) is 5.05. The van der Waals surface area contributed by atoms with Crippen LogP contribution in [-0.4, -0.2) is 67.0 Å². The minimum absolute atomic E-state index is 0.0822. The van der Waals surface area contributed by atoms with E-state index in [-0.39, 0.29) is 29.9 Å². The number of guanidine groups is 1. The van der Waals surface area contributed by atoms with Gasteiger partial charge in [0.25, 0.3) is 5.91 Å². The number of nitrogens with two attached hydrogens (primary N) is 1. The second kappa shape index (κ2) is 10.5. The van der Waals surface area contributed by atoms with Crippen LogP contribution in [0.2, 0.25) is 0 Å². The van der Waals surface area contributed by atoms with Crippen molar-refractivity contribution >= 4 is 17.6 Å². The van der Waals surface area contributed by atoms with E-state index >= 15 is 0 Å². The average molecular weight is 479 g/mol. The molecule has 8 heteroatoms. The number of ether oxygens (including phenoxy) is 2. The minimum atomic E-state index is -0.375. The molecule has 2 aliphatic rings. The van der Waals surface area contributed by atoms with Gasteiger partial charge in [-0.2, -0.15) is 4.99 Å². The smallest absolute Gasteiger partial charge is 0.280 e. The van der Waals surface area contributed by atoms with E-state index in [2.05, 4.69) is 4.99 Å². The maximum atomic E-state index is 12.7. The number of aliphatic hydroxyl groups is 1. The zero-order chi connectivity index (χ0) is 25.1. The number of fused-ring (bicyclic) bond motifs is 3. The summed E-state index contributed by atoms with van der Waals surface area (Å²) in [5.74, 6) is 1.26. The van der Waals surface area contributed by atoms with Crippen LogP contribution in [0.25, 0.3) is 0 Å². The van der Waals surface area contributed by atoms with Crippen LogP contribution in [0.3, 0.4) is 0 Å². The molecule has 3 N–H and O–H groups in total. The molecule has 186 valence electrons. The van der Waals surface area contributed by atoms with Gasteiger partial charge < -0.3 is 25.2 Å². The Balaban J connectivity index is 1.71. The van der Waals surface area contributed by atoms with E-state index in [9.17, 15) is 9.90 Å². The van der Waals surface area contributed by atoms with E-state index in [0.29, 0.717) is 36.6 Å². The number of methoxy groups -OCH3 is 2. The normalized spacial score (nSPS) is 21.5. The van der Waals surface area contributed by atoms with Crippen molar-refractivity contribution in [2.45, 2.75) is 51.2 Å². The Morgan fingerprint density at radius 1 is 1.11 bits per heavy atom. The lowest BCUT2D eigenvalue weighted by molar-refractivity contribution is 0.100. The molecule has 0 radical (unpaired) electrons. The highest BCUT2D eigenvalue weighted by atomic mass is 16.5. The summed E-state index contributed by atoms with van der Waals surface area (Å²) >= 11 is 0. The largest absolute Gasteiger partial charge is 0.493 e. The van der Waals surface area contributed by atoms with Crippen LogP contribution in [0.1, 0.15) is 66.1 Å². The lowest BCUT2D eigenvalue weighted by atomic mass is 9.74. The molecule has 2 aromatic carbocycles. The summed E-state index contributed by atoms with van der Waals surface area (Å²) in [6.07, 6.45) is 1.89. The fourth-order valence-corrected chi connectivity index (χ4v) is 5.05. The van der Waals surface area contributed by atoms with Gasteiger partial charge in [-0.25, -0.2) is 0 Å². The van der Waals surface area contributed by atoms with Crippen molar-refractivity contribution < 1.29 is 19.4 Å². The highest BCUT2D eigenvalue weighted by Crippen LogP contribution is 2.44. The van der Waals surface area contributed by atoms with Crippen LogP contribution < -0.4 is 15.2 Å². The first kappa shape index (κ1) is 24.7. The van der Waals surface area contributed by atoms with E-state index in [1.54, 1.807) is 26.4 Å². The summed E-state index contributed by atoms with van der Waals surface area (Å²) in [6.45, 7) is 5.31. The second-order valence-corrected chi connectivity index (χ2v) is 8.94. The van der Waals surface area contributed by atoms with Gasteiger partial charge in [0.1, 0.15) is 0 Å². The third kappa shape index (κ3) is 4.89. The van der Waals surface area contributed by atoms with Gasteiger partial charge in [-0.1, -0.05) is 12.1 Å². The maximum Gasteiger partial charge on any atom is 0.280 e. The fraction of sp³-hybridized carbons (Fsp3) is 0.444. The molecule has 1 amide bonds. The molecule has 1 aliphatic heterocycles. The molecule has 1 fully saturated rings. The molecular formula is C27H34N4O4. The average Bonchev–Trinajstić information content (AvgIpc) is 2.88. The van der Waals surface area contributed by atoms with Crippen LogP contribution in [0.5, 0.6) is 11.5 Å². The molecule has 3 unspecified atom stereocenters. The third-order valence-corrected chi connectivity index (χ3v) is 7.00. The number of carbonyl (C=O) groups excluding carboxylic acids is 1. The van der Waals surface area contributed by atoms with Gasteiger partial charge in [0.05, 0.1) is 32.1 Å². The topological polar surface area (TPSA) is 110 Å². The van der Waals surface area contributed by atoms with Crippen molar-refractivity contribution in [3.8, 4) is 11.5 Å². The molecule has 1 saturated carbocycles. The lowest BCUT2D eigenvalue weighted by Gasteiger charge is -2.37. The number of carbonyl (C=O) groups is 1. The van der Waals surface area contributed by atoms with Crippen molar-refractivity contribution in [1.29, 1.82) is 0 Å². The number of amides is 1. The predicted octanol–water partition coefficient (Wildman–Crippen LogP) is 3.35. The number of rotatable bonds is 6. The number of nitrogens with zero attached hydrogens (tertiary/aromatic N) is 3. The van der Waals surface area contributed by atoms with Crippen molar-refractivity contribution in [1.82, 2.24) is 4.90 Å². The van der Waals surface area contributed by atoms with E-state index in [0.717, 1.165) is 35.2 Å². The second-order valence-electron chi connectivity index (χ2n) is 8.94. The summed E-state index contributed by atoms with van der Waals surface area (Å²) in [4.78, 5) is 23.7. The molecule has 8 nitrogen and oxygen atoms in total. The van der Waals surface area contributed by atoms with Crippen LogP contribution >= 0.6 is 0 Å². The zero-order valence-corrected chi connectivity index (χ0v) is 20.8. The highest BCUT2D eigenvalue weighted by Gasteiger charge is 2.37. The van der Waals surface area contributed by atoms with Crippen molar-refractivity contribution in [3.63, 3.8) is 0 Å². The Hall–Kier alpha value is -3.39. The highest BCUT2D eigenvalue weighted by molar-refractivity contribution is 6.15. The minimum Gasteiger partial charge on any atom is -0.493 e. The Bertz CT molecular complexity index is 1140. The molecule has 4 rings (SSSR count). The van der Waals surface area contributed by atoms with Gasteiger partial charge in [0.2, 0.25) is 0 Å². The van der Waals surface area contributed by atoms with Gasteiger partial charge in [0.15, 0.2) is 17.5 Å². The summed E-state index contributed by atoms with van der Waals surface area (Å²) in [7, 11) is 3.24. The van der Waals surface area contributed by atoms with E-state index in [4.69, 9.17) is 20.2 Å². The number of hydrogen-bond acceptors (Lipinski definition) is 5. The van der Waals surface area contributed by atoms with Crippen molar-refractivity contribution in [2.24, 2.45) is 15.7 Å². The first-order valence-electron chi connectivity index (χ1n) is 12.2. The lowest BCUT2D eigenvalue weighted by Crippen LogP contribution is -2.37. The van der Waals surface area contributed by atoms with Gasteiger partial charge in [-0.3, -0.25) is 9.79 Å². The zero-order valence-electron chi connectivity index (χ0n) is 20.8. The number of aliphatic imine (C=N–C) groups is 2. The third-order valence-electron chi connectivity index (χ3n) is 7.00. The van der Waals surface area contributed by atoms with Crippen LogP contribution in [-0.2, 0) is 0 Å². The maximum absolute atomic E-state index is 12.7. The summed E-state index contributed by atoms with van der Waals surface area (Å²) in [6, 6.07) is 11.4. The number of aliphatic hydroxyl groups excluding tert-OH is 1. The first-order chi connectivity index (χ1) is 16.9. The van der Waals surface area contributed by atoms with Gasteiger partial charge in [-0.05, 0) is 62.9 Å². The SMILES string of the molecule is CCN(CC)C(N)=NC(=O)c1ccc(C2=NC3CCC(O)CC3c3cc(OC)c(OC)cc32)cc1. The van der Waals surface area contributed by atoms with Gasteiger partial charge >= 0.3 is 0 Å². The van der Waals surface area contributed by atoms with Gasteiger partial charge in [-0.15, -0.1) is 0 Å². The summed E-state index contributed by atoms with van der Waals surface area (Å²) < 4.78 is 11.1. The van der Waals surface area contributed by atoms with Gasteiger partial charge in [0, 0.05) is 35.7 Å². The molecular weight excluding hydrogens is 444 g/mol. The van der Waals surface area contributed by atoms with E-state index in [1.807, 2.05) is 43.0 Å². The Morgan fingerprint density at radius 3 is 2.40 bits per heavy atom. The standard InChI is InChI=1S/C27H34N4O4/c1-5-31(6-2)27(28)30-26(33)17-9-7-16(8-10-17)25-21-15-24(35-4)23(34-3)14-19(21)20-13-18(32)11-12-22(20)29-25/h7-10,14-15,18,20,22,32H,5-6,11-13H2,1-4H3,(H2,28,30,33). The summed E-state index contributed by atoms with van der Waals surface area (Å²) in [5.41, 5.74) is 10.3. The molecule has 0 spiro atoms.